The summed E-state index contributed by atoms with van der Waals surface area (Å²) in [7, 11) is 0. The number of halogens is 1. The fourth-order valence-electron chi connectivity index (χ4n) is 3.02. The molecule has 0 radical (unpaired) electrons. The number of anilines is 1. The molecular weight excluding hydrogens is 438 g/mol. The van der Waals surface area contributed by atoms with Crippen LogP contribution in [0.1, 0.15) is 6.92 Å². The van der Waals surface area contributed by atoms with Crippen LogP contribution in [0.15, 0.2) is 102 Å². The highest BCUT2D eigenvalue weighted by molar-refractivity contribution is 8.00. The van der Waals surface area contributed by atoms with Gasteiger partial charge in [0.15, 0.2) is 0 Å². The second kappa shape index (κ2) is 10.8. The molecule has 32 heavy (non-hydrogen) atoms. The maximum Gasteiger partial charge on any atom is 0.261 e. The normalized spacial score (nSPS) is 11.9. The molecule has 0 amide bonds. The Balaban J connectivity index is 1.45. The van der Waals surface area contributed by atoms with Crippen LogP contribution in [0.4, 0.5) is 5.95 Å². The van der Waals surface area contributed by atoms with Crippen LogP contribution in [-0.4, -0.2) is 20.4 Å². The second-order valence-electron chi connectivity index (χ2n) is 6.97. The summed E-state index contributed by atoms with van der Waals surface area (Å²) in [5.41, 5.74) is 9.51. The van der Waals surface area contributed by atoms with E-state index in [2.05, 4.69) is 34.0 Å². The molecule has 0 aliphatic carbocycles. The van der Waals surface area contributed by atoms with Gasteiger partial charge in [-0.1, -0.05) is 78.3 Å². The summed E-state index contributed by atoms with van der Waals surface area (Å²) in [5, 5.41) is 9.70. The molecule has 0 saturated carbocycles. The van der Waals surface area contributed by atoms with Crippen LogP contribution >= 0.6 is 23.4 Å². The zero-order valence-electron chi connectivity index (χ0n) is 17.4. The summed E-state index contributed by atoms with van der Waals surface area (Å²) >= 11 is 7.69. The van der Waals surface area contributed by atoms with Gasteiger partial charge in [0.05, 0.1) is 0 Å². The quantitative estimate of drug-likeness (QED) is 0.232. The molecule has 1 atom stereocenters. The number of hydrogen-bond acceptors (Lipinski definition) is 6. The Labute approximate surface area is 196 Å². The van der Waals surface area contributed by atoms with Crippen molar-refractivity contribution < 1.29 is 0 Å². The van der Waals surface area contributed by atoms with Crippen LogP contribution in [0.3, 0.4) is 0 Å². The maximum absolute atomic E-state index is 5.95. The van der Waals surface area contributed by atoms with Crippen molar-refractivity contribution in [3.05, 3.63) is 102 Å². The molecule has 5 nitrogen and oxygen atoms in total. The van der Waals surface area contributed by atoms with Gasteiger partial charge < -0.3 is 5.43 Å². The van der Waals surface area contributed by atoms with Crippen molar-refractivity contribution in [2.45, 2.75) is 17.1 Å². The zero-order valence-corrected chi connectivity index (χ0v) is 19.0. The topological polar surface area (TPSA) is 62.7 Å². The summed E-state index contributed by atoms with van der Waals surface area (Å²) in [6.45, 7) is 2.12. The monoisotopic (exact) mass is 459 g/mol. The van der Waals surface area contributed by atoms with Gasteiger partial charge in [-0.15, -0.1) is 22.0 Å². The molecule has 0 bridgehead atoms. The Kier molecular flexibility index (Phi) is 7.38. The first-order valence-electron chi connectivity index (χ1n) is 10.1. The van der Waals surface area contributed by atoms with E-state index in [9.17, 15) is 0 Å². The Morgan fingerprint density at radius 3 is 2.09 bits per heavy atom. The smallest absolute Gasteiger partial charge is 0.261 e. The lowest BCUT2D eigenvalue weighted by Crippen LogP contribution is -2.18. The second-order valence-corrected chi connectivity index (χ2v) is 8.86. The number of aromatic nitrogens is 3. The van der Waals surface area contributed by atoms with E-state index < -0.39 is 0 Å². The van der Waals surface area contributed by atoms with Gasteiger partial charge in [-0.2, -0.15) is 0 Å². The van der Waals surface area contributed by atoms with Gasteiger partial charge in [-0.25, -0.2) is 4.98 Å². The van der Waals surface area contributed by atoms with Gasteiger partial charge in [0.25, 0.3) is 5.95 Å². The molecule has 3 aromatic carbocycles. The van der Waals surface area contributed by atoms with Crippen molar-refractivity contribution in [2.24, 2.45) is 0 Å². The summed E-state index contributed by atoms with van der Waals surface area (Å²) in [4.78, 5) is 5.88. The van der Waals surface area contributed by atoms with E-state index in [1.165, 1.54) is 0 Å². The van der Waals surface area contributed by atoms with Crippen molar-refractivity contribution >= 4 is 29.3 Å². The highest BCUT2D eigenvalue weighted by Gasteiger charge is 2.13. The van der Waals surface area contributed by atoms with Gasteiger partial charge in [0, 0.05) is 32.5 Å². The Hall–Kier alpha value is -3.35. The number of nitrogens with one attached hydrogen (secondary N) is 2. The molecule has 1 aromatic heterocycles. The van der Waals surface area contributed by atoms with Gasteiger partial charge in [-0.05, 0) is 31.2 Å². The van der Waals surface area contributed by atoms with E-state index in [1.807, 2.05) is 91.1 Å². The van der Waals surface area contributed by atoms with Gasteiger partial charge in [-0.3, -0.25) is 5.43 Å². The van der Waals surface area contributed by atoms with E-state index in [0.29, 0.717) is 5.95 Å². The van der Waals surface area contributed by atoms with Gasteiger partial charge in [0.2, 0.25) is 0 Å². The van der Waals surface area contributed by atoms with Crippen molar-refractivity contribution in [2.75, 3.05) is 5.43 Å². The van der Waals surface area contributed by atoms with Crippen LogP contribution in [0.25, 0.3) is 22.5 Å². The summed E-state index contributed by atoms with van der Waals surface area (Å²) < 4.78 is 0. The number of thioether (sulfide) groups is 1. The minimum absolute atomic E-state index is 0.268. The van der Waals surface area contributed by atoms with Gasteiger partial charge >= 0.3 is 0 Å². The number of benzene rings is 3. The molecule has 0 aliphatic heterocycles. The summed E-state index contributed by atoms with van der Waals surface area (Å²) in [6.07, 6.45) is 3.89. The Morgan fingerprint density at radius 1 is 0.812 bits per heavy atom. The van der Waals surface area contributed by atoms with E-state index in [-0.39, 0.29) is 5.25 Å². The molecule has 0 aliphatic rings. The first-order chi connectivity index (χ1) is 15.7. The number of hydrazine groups is 1. The predicted molar refractivity (Wildman–Crippen MR) is 133 cm³/mol. The Morgan fingerprint density at radius 2 is 1.44 bits per heavy atom. The third-order valence-corrected chi connectivity index (χ3v) is 5.88. The molecule has 160 valence electrons. The maximum atomic E-state index is 5.95. The van der Waals surface area contributed by atoms with Crippen LogP contribution in [0.2, 0.25) is 5.02 Å². The first kappa shape index (κ1) is 21.9. The minimum atomic E-state index is 0.268. The number of nitrogens with zero attached hydrogens (tertiary/aromatic N) is 3. The molecule has 0 fully saturated rings. The predicted octanol–water partition coefficient (Wildman–Crippen LogP) is 6.47. The number of rotatable bonds is 8. The minimum Gasteiger partial charge on any atom is -0.306 e. The highest BCUT2D eigenvalue weighted by atomic mass is 35.5. The van der Waals surface area contributed by atoms with E-state index in [1.54, 1.807) is 11.8 Å². The SMILES string of the molecule is CC(C=CNNc1nnc(-c2ccccc2)c(-c2ccccc2)n1)Sc1ccc(Cl)cc1. The van der Waals surface area contributed by atoms with Crippen molar-refractivity contribution in [1.29, 1.82) is 0 Å². The van der Waals surface area contributed by atoms with E-state index in [4.69, 9.17) is 16.6 Å². The molecule has 4 rings (SSSR count). The van der Waals surface area contributed by atoms with Gasteiger partial charge in [0.1, 0.15) is 11.4 Å². The molecule has 1 heterocycles. The van der Waals surface area contributed by atoms with Crippen LogP contribution in [0.5, 0.6) is 0 Å². The van der Waals surface area contributed by atoms with Crippen LogP contribution in [0, 0.1) is 0 Å². The van der Waals surface area contributed by atoms with E-state index >= 15 is 0 Å². The lowest BCUT2D eigenvalue weighted by molar-refractivity contribution is 0.922. The fraction of sp³-hybridized carbons (Fsp3) is 0.0800. The zero-order chi connectivity index (χ0) is 22.2. The highest BCUT2D eigenvalue weighted by Crippen LogP contribution is 2.28. The molecule has 1 unspecified atom stereocenters. The standard InChI is InChI=1S/C25H22ClN5S/c1-18(32-22-14-12-21(26)13-15-22)16-17-27-30-25-28-23(19-8-4-2-5-9-19)24(29-31-25)20-10-6-3-7-11-20/h2-18,27H,1H3,(H,28,30,31). The molecule has 0 spiro atoms. The summed E-state index contributed by atoms with van der Waals surface area (Å²) in [5.74, 6) is 0.395. The third kappa shape index (κ3) is 5.87. The molecular formula is C25H22ClN5S. The number of hydrogen-bond donors (Lipinski definition) is 2. The van der Waals surface area contributed by atoms with Crippen LogP contribution in [-0.2, 0) is 0 Å². The Bertz CT molecular complexity index is 1170. The molecule has 2 N–H and O–H groups in total. The third-order valence-electron chi connectivity index (χ3n) is 4.55. The lowest BCUT2D eigenvalue weighted by Gasteiger charge is -2.11. The fourth-order valence-corrected chi connectivity index (χ4v) is 4.03. The molecule has 7 heteroatoms. The molecule has 4 aromatic rings. The lowest BCUT2D eigenvalue weighted by atomic mass is 10.0. The average Bonchev–Trinajstić information content (AvgIpc) is 2.84. The van der Waals surface area contributed by atoms with Crippen molar-refractivity contribution in [1.82, 2.24) is 20.6 Å². The first-order valence-corrected chi connectivity index (χ1v) is 11.4. The molecule has 0 saturated heterocycles. The summed E-state index contributed by atoms with van der Waals surface area (Å²) in [6, 6.07) is 27.8. The van der Waals surface area contributed by atoms with Crippen molar-refractivity contribution in [3.63, 3.8) is 0 Å². The van der Waals surface area contributed by atoms with Crippen molar-refractivity contribution in [3.8, 4) is 22.5 Å². The van der Waals surface area contributed by atoms with Crippen LogP contribution < -0.4 is 10.9 Å². The average molecular weight is 460 g/mol. The van der Waals surface area contributed by atoms with E-state index in [0.717, 1.165) is 32.4 Å². The largest absolute Gasteiger partial charge is 0.306 e.